The third kappa shape index (κ3) is 3.79. The molecule has 2 nitrogen and oxygen atoms in total. The largest absolute Gasteiger partial charge is 0.494 e. The molecule has 0 aromatic heterocycles. The van der Waals surface area contributed by atoms with E-state index in [4.69, 9.17) is 4.74 Å². The first-order chi connectivity index (χ1) is 6.70. The van der Waals surface area contributed by atoms with Gasteiger partial charge >= 0.3 is 0 Å². The Morgan fingerprint density at radius 2 is 1.86 bits per heavy atom. The SMILES string of the molecule is CC(CCOc1ccccc1)N(C)C. The van der Waals surface area contributed by atoms with Crippen molar-refractivity contribution in [2.75, 3.05) is 20.7 Å². The standard InChI is InChI=1S/C12H19NO/c1-11(13(2)3)9-10-14-12-7-5-4-6-8-12/h4-8,11H,9-10H2,1-3H3. The van der Waals surface area contributed by atoms with Crippen LogP contribution in [0.15, 0.2) is 30.3 Å². The molecule has 1 aromatic carbocycles. The van der Waals surface area contributed by atoms with Gasteiger partial charge in [-0.25, -0.2) is 0 Å². The van der Waals surface area contributed by atoms with Crippen molar-refractivity contribution in [2.24, 2.45) is 0 Å². The van der Waals surface area contributed by atoms with Crippen LogP contribution in [-0.4, -0.2) is 31.6 Å². The van der Waals surface area contributed by atoms with Gasteiger partial charge in [-0.15, -0.1) is 0 Å². The van der Waals surface area contributed by atoms with Crippen molar-refractivity contribution in [3.8, 4) is 5.75 Å². The monoisotopic (exact) mass is 193 g/mol. The first kappa shape index (κ1) is 11.1. The molecule has 1 rings (SSSR count). The van der Waals surface area contributed by atoms with Gasteiger partial charge in [0.2, 0.25) is 0 Å². The summed E-state index contributed by atoms with van der Waals surface area (Å²) < 4.78 is 5.60. The van der Waals surface area contributed by atoms with Gasteiger partial charge in [-0.1, -0.05) is 18.2 Å². The quantitative estimate of drug-likeness (QED) is 0.712. The number of hydrogen-bond donors (Lipinski definition) is 0. The minimum atomic E-state index is 0.568. The van der Waals surface area contributed by atoms with Gasteiger partial charge in [0.1, 0.15) is 5.75 Å². The fourth-order valence-electron chi connectivity index (χ4n) is 1.12. The summed E-state index contributed by atoms with van der Waals surface area (Å²) in [7, 11) is 4.18. The lowest BCUT2D eigenvalue weighted by Crippen LogP contribution is -2.26. The summed E-state index contributed by atoms with van der Waals surface area (Å²) in [4.78, 5) is 2.20. The average molecular weight is 193 g/mol. The molecule has 1 unspecified atom stereocenters. The summed E-state index contributed by atoms with van der Waals surface area (Å²) in [6.07, 6.45) is 1.06. The number of benzene rings is 1. The zero-order valence-electron chi connectivity index (χ0n) is 9.23. The van der Waals surface area contributed by atoms with E-state index in [1.165, 1.54) is 0 Å². The van der Waals surface area contributed by atoms with Crippen molar-refractivity contribution >= 4 is 0 Å². The van der Waals surface area contributed by atoms with Crippen molar-refractivity contribution in [2.45, 2.75) is 19.4 Å². The molecule has 0 radical (unpaired) electrons. The Balaban J connectivity index is 2.22. The van der Waals surface area contributed by atoms with E-state index >= 15 is 0 Å². The summed E-state index contributed by atoms with van der Waals surface area (Å²) in [5, 5.41) is 0. The van der Waals surface area contributed by atoms with E-state index in [1.54, 1.807) is 0 Å². The minimum absolute atomic E-state index is 0.568. The van der Waals surface area contributed by atoms with Gasteiger partial charge < -0.3 is 9.64 Å². The Bertz CT molecular complexity index is 246. The first-order valence-corrected chi connectivity index (χ1v) is 5.04. The molecule has 0 aliphatic rings. The van der Waals surface area contributed by atoms with Crippen LogP contribution in [-0.2, 0) is 0 Å². The van der Waals surface area contributed by atoms with Gasteiger partial charge in [0, 0.05) is 6.04 Å². The maximum Gasteiger partial charge on any atom is 0.119 e. The molecule has 0 fully saturated rings. The van der Waals surface area contributed by atoms with E-state index in [2.05, 4.69) is 25.9 Å². The molecule has 78 valence electrons. The van der Waals surface area contributed by atoms with Crippen LogP contribution in [0.4, 0.5) is 0 Å². The van der Waals surface area contributed by atoms with E-state index in [-0.39, 0.29) is 0 Å². The Labute approximate surface area is 86.5 Å². The highest BCUT2D eigenvalue weighted by atomic mass is 16.5. The molecule has 0 heterocycles. The van der Waals surface area contributed by atoms with Gasteiger partial charge in [0.15, 0.2) is 0 Å². The minimum Gasteiger partial charge on any atom is -0.494 e. The number of ether oxygens (including phenoxy) is 1. The summed E-state index contributed by atoms with van der Waals surface area (Å²) in [5.74, 6) is 0.957. The Hall–Kier alpha value is -1.02. The molecule has 0 N–H and O–H groups in total. The second kappa shape index (κ2) is 5.66. The average Bonchev–Trinajstić information content (AvgIpc) is 2.19. The van der Waals surface area contributed by atoms with Gasteiger partial charge in [-0.2, -0.15) is 0 Å². The van der Waals surface area contributed by atoms with Crippen LogP contribution in [0.2, 0.25) is 0 Å². The number of hydrogen-bond acceptors (Lipinski definition) is 2. The fourth-order valence-corrected chi connectivity index (χ4v) is 1.12. The third-order valence-corrected chi connectivity index (χ3v) is 2.43. The lowest BCUT2D eigenvalue weighted by atomic mass is 10.2. The lowest BCUT2D eigenvalue weighted by molar-refractivity contribution is 0.233. The molecule has 2 heteroatoms. The van der Waals surface area contributed by atoms with E-state index in [1.807, 2.05) is 30.3 Å². The van der Waals surface area contributed by atoms with Crippen LogP contribution in [0.5, 0.6) is 5.75 Å². The molecule has 0 aliphatic heterocycles. The van der Waals surface area contributed by atoms with Crippen LogP contribution in [0.1, 0.15) is 13.3 Å². The van der Waals surface area contributed by atoms with Crippen molar-refractivity contribution in [1.29, 1.82) is 0 Å². The second-order valence-corrected chi connectivity index (χ2v) is 3.76. The Morgan fingerprint density at radius 1 is 1.21 bits per heavy atom. The third-order valence-electron chi connectivity index (χ3n) is 2.43. The first-order valence-electron chi connectivity index (χ1n) is 5.04. The van der Waals surface area contributed by atoms with Gasteiger partial charge in [0.25, 0.3) is 0 Å². The maximum atomic E-state index is 5.60. The van der Waals surface area contributed by atoms with Crippen molar-refractivity contribution in [3.63, 3.8) is 0 Å². The fraction of sp³-hybridized carbons (Fsp3) is 0.500. The zero-order valence-corrected chi connectivity index (χ0v) is 9.23. The predicted molar refractivity (Wildman–Crippen MR) is 59.7 cm³/mol. The predicted octanol–water partition coefficient (Wildman–Crippen LogP) is 2.41. The number of nitrogens with zero attached hydrogens (tertiary/aromatic N) is 1. The maximum absolute atomic E-state index is 5.60. The molecule has 0 spiro atoms. The van der Waals surface area contributed by atoms with Crippen LogP contribution >= 0.6 is 0 Å². The van der Waals surface area contributed by atoms with E-state index in [0.29, 0.717) is 6.04 Å². The zero-order chi connectivity index (χ0) is 10.4. The molecule has 1 aromatic rings. The normalized spacial score (nSPS) is 12.9. The van der Waals surface area contributed by atoms with Crippen LogP contribution in [0.25, 0.3) is 0 Å². The summed E-state index contributed by atoms with van der Waals surface area (Å²) >= 11 is 0. The Kier molecular flexibility index (Phi) is 4.47. The van der Waals surface area contributed by atoms with Crippen molar-refractivity contribution in [1.82, 2.24) is 4.90 Å². The van der Waals surface area contributed by atoms with Crippen LogP contribution in [0.3, 0.4) is 0 Å². The lowest BCUT2D eigenvalue weighted by Gasteiger charge is -2.19. The van der Waals surface area contributed by atoms with Crippen molar-refractivity contribution < 1.29 is 4.74 Å². The summed E-state index contributed by atoms with van der Waals surface area (Å²) in [6, 6.07) is 10.5. The summed E-state index contributed by atoms with van der Waals surface area (Å²) in [5.41, 5.74) is 0. The highest BCUT2D eigenvalue weighted by Crippen LogP contribution is 2.09. The smallest absolute Gasteiger partial charge is 0.119 e. The molecular weight excluding hydrogens is 174 g/mol. The molecule has 0 saturated carbocycles. The van der Waals surface area contributed by atoms with Crippen LogP contribution in [0, 0.1) is 0 Å². The van der Waals surface area contributed by atoms with Crippen molar-refractivity contribution in [3.05, 3.63) is 30.3 Å². The molecule has 1 atom stereocenters. The topological polar surface area (TPSA) is 12.5 Å². The second-order valence-electron chi connectivity index (χ2n) is 3.76. The van der Waals surface area contributed by atoms with E-state index in [0.717, 1.165) is 18.8 Å². The number of rotatable bonds is 5. The van der Waals surface area contributed by atoms with Crippen LogP contribution < -0.4 is 4.74 Å². The van der Waals surface area contributed by atoms with Gasteiger partial charge in [-0.3, -0.25) is 0 Å². The highest BCUT2D eigenvalue weighted by Gasteiger charge is 2.03. The highest BCUT2D eigenvalue weighted by molar-refractivity contribution is 5.20. The van der Waals surface area contributed by atoms with Gasteiger partial charge in [-0.05, 0) is 39.6 Å². The van der Waals surface area contributed by atoms with Gasteiger partial charge in [0.05, 0.1) is 6.61 Å². The molecule has 0 amide bonds. The Morgan fingerprint density at radius 3 is 2.43 bits per heavy atom. The molecule has 0 saturated heterocycles. The van der Waals surface area contributed by atoms with E-state index in [9.17, 15) is 0 Å². The molecule has 14 heavy (non-hydrogen) atoms. The van der Waals surface area contributed by atoms with E-state index < -0.39 is 0 Å². The molecule has 0 aliphatic carbocycles. The number of para-hydroxylation sites is 1. The molecule has 0 bridgehead atoms. The summed E-state index contributed by atoms with van der Waals surface area (Å²) in [6.45, 7) is 2.98. The molecular formula is C12H19NO.